The number of halogens is 1. The van der Waals surface area contributed by atoms with Gasteiger partial charge in [-0.15, -0.1) is 6.42 Å². The molecule has 0 radical (unpaired) electrons. The number of benzene rings is 2. The lowest BCUT2D eigenvalue weighted by molar-refractivity contribution is -0.112. The van der Waals surface area contributed by atoms with Crippen molar-refractivity contribution in [2.24, 2.45) is 0 Å². The summed E-state index contributed by atoms with van der Waals surface area (Å²) in [6, 6.07) is 14.6. The summed E-state index contributed by atoms with van der Waals surface area (Å²) >= 11 is 3.37. The van der Waals surface area contributed by atoms with Crippen molar-refractivity contribution in [2.75, 3.05) is 11.9 Å². The highest BCUT2D eigenvalue weighted by molar-refractivity contribution is 9.10. The minimum Gasteiger partial charge on any atom is -0.480 e. The van der Waals surface area contributed by atoms with Crippen LogP contribution in [0.2, 0.25) is 0 Å². The van der Waals surface area contributed by atoms with E-state index in [0.29, 0.717) is 17.0 Å². The van der Waals surface area contributed by atoms with Gasteiger partial charge in [-0.25, -0.2) is 0 Å². The summed E-state index contributed by atoms with van der Waals surface area (Å²) in [5.74, 6) is 2.40. The average molecular weight is 395 g/mol. The first-order chi connectivity index (χ1) is 12.0. The van der Waals surface area contributed by atoms with Crippen molar-refractivity contribution in [2.45, 2.75) is 6.92 Å². The summed E-state index contributed by atoms with van der Waals surface area (Å²) in [5.41, 5.74) is 2.12. The van der Waals surface area contributed by atoms with Crippen LogP contribution in [-0.2, 0) is 4.79 Å². The standard InChI is InChI=1S/C20H15BrN2O2/c1-3-10-25-19-9-8-17(21)12-15(19)11-16(13-22)20(24)23-18-7-5-4-6-14(18)2/h1,4-9,11-12H,10H2,2H3,(H,23,24)/b16-11+. The van der Waals surface area contributed by atoms with Crippen molar-refractivity contribution >= 4 is 33.6 Å². The zero-order valence-corrected chi connectivity index (χ0v) is 15.1. The summed E-state index contributed by atoms with van der Waals surface area (Å²) in [6.45, 7) is 1.98. The van der Waals surface area contributed by atoms with Crippen LogP contribution >= 0.6 is 15.9 Å². The van der Waals surface area contributed by atoms with Crippen molar-refractivity contribution < 1.29 is 9.53 Å². The van der Waals surface area contributed by atoms with Crippen LogP contribution in [0.5, 0.6) is 5.75 Å². The molecule has 0 fully saturated rings. The van der Waals surface area contributed by atoms with E-state index in [2.05, 4.69) is 27.2 Å². The fraction of sp³-hybridized carbons (Fsp3) is 0.100. The Balaban J connectivity index is 2.32. The first kappa shape index (κ1) is 18.3. The predicted molar refractivity (Wildman–Crippen MR) is 102 cm³/mol. The Labute approximate surface area is 155 Å². The molecule has 0 unspecified atom stereocenters. The van der Waals surface area contributed by atoms with Crippen molar-refractivity contribution in [3.8, 4) is 24.2 Å². The molecule has 1 N–H and O–H groups in total. The van der Waals surface area contributed by atoms with Gasteiger partial charge in [-0.1, -0.05) is 40.0 Å². The zero-order chi connectivity index (χ0) is 18.2. The third kappa shape index (κ3) is 4.97. The van der Waals surface area contributed by atoms with E-state index in [9.17, 15) is 10.1 Å². The monoisotopic (exact) mass is 394 g/mol. The van der Waals surface area contributed by atoms with Gasteiger partial charge in [0.1, 0.15) is 24.0 Å². The Bertz CT molecular complexity index is 905. The Kier molecular flexibility index (Phi) is 6.39. The maximum absolute atomic E-state index is 12.4. The molecule has 2 rings (SSSR count). The van der Waals surface area contributed by atoms with Crippen LogP contribution in [0.1, 0.15) is 11.1 Å². The number of carbonyl (C=O) groups is 1. The summed E-state index contributed by atoms with van der Waals surface area (Å²) in [5, 5.41) is 12.1. The number of nitriles is 1. The van der Waals surface area contributed by atoms with Crippen LogP contribution < -0.4 is 10.1 Å². The van der Waals surface area contributed by atoms with Gasteiger partial charge in [-0.05, 0) is 42.8 Å². The number of para-hydroxylation sites is 1. The SMILES string of the molecule is C#CCOc1ccc(Br)cc1/C=C(\C#N)C(=O)Nc1ccccc1C. The lowest BCUT2D eigenvalue weighted by Crippen LogP contribution is -2.14. The minimum atomic E-state index is -0.486. The molecule has 0 aromatic heterocycles. The summed E-state index contributed by atoms with van der Waals surface area (Å²) in [6.07, 6.45) is 6.69. The first-order valence-corrected chi connectivity index (χ1v) is 8.19. The quantitative estimate of drug-likeness (QED) is 0.466. The Hall–Kier alpha value is -3.02. The molecule has 0 aliphatic heterocycles. The smallest absolute Gasteiger partial charge is 0.266 e. The summed E-state index contributed by atoms with van der Waals surface area (Å²) in [4.78, 5) is 12.4. The zero-order valence-electron chi connectivity index (χ0n) is 13.5. The second kappa shape index (κ2) is 8.73. The number of terminal acetylenes is 1. The lowest BCUT2D eigenvalue weighted by atomic mass is 10.1. The molecular weight excluding hydrogens is 380 g/mol. The number of carbonyl (C=O) groups excluding carboxylic acids is 1. The number of nitrogens with one attached hydrogen (secondary N) is 1. The van der Waals surface area contributed by atoms with E-state index < -0.39 is 5.91 Å². The third-order valence-corrected chi connectivity index (χ3v) is 3.83. The van der Waals surface area contributed by atoms with Gasteiger partial charge in [0.2, 0.25) is 0 Å². The van der Waals surface area contributed by atoms with E-state index in [-0.39, 0.29) is 12.2 Å². The number of amides is 1. The van der Waals surface area contributed by atoms with Crippen molar-refractivity contribution in [1.82, 2.24) is 0 Å². The topological polar surface area (TPSA) is 62.1 Å². The van der Waals surface area contributed by atoms with Gasteiger partial charge >= 0.3 is 0 Å². The van der Waals surface area contributed by atoms with E-state index in [4.69, 9.17) is 11.2 Å². The van der Waals surface area contributed by atoms with Crippen LogP contribution in [0.25, 0.3) is 6.08 Å². The summed E-state index contributed by atoms with van der Waals surface area (Å²) < 4.78 is 6.26. The van der Waals surface area contributed by atoms with Crippen LogP contribution in [0, 0.1) is 30.6 Å². The second-order valence-corrected chi connectivity index (χ2v) is 6.03. The number of ether oxygens (including phenoxy) is 1. The van der Waals surface area contributed by atoms with E-state index in [1.54, 1.807) is 24.3 Å². The fourth-order valence-corrected chi connectivity index (χ4v) is 2.47. The largest absolute Gasteiger partial charge is 0.480 e. The number of rotatable bonds is 5. The molecule has 0 heterocycles. The molecule has 0 aliphatic rings. The second-order valence-electron chi connectivity index (χ2n) is 5.11. The van der Waals surface area contributed by atoms with Crippen LogP contribution in [0.3, 0.4) is 0 Å². The highest BCUT2D eigenvalue weighted by atomic mass is 79.9. The molecule has 0 saturated heterocycles. The number of aryl methyl sites for hydroxylation is 1. The predicted octanol–water partition coefficient (Wildman–Crippen LogP) is 4.32. The normalized spacial score (nSPS) is 10.5. The summed E-state index contributed by atoms with van der Waals surface area (Å²) in [7, 11) is 0. The molecule has 0 aliphatic carbocycles. The van der Waals surface area contributed by atoms with Crippen molar-refractivity contribution in [1.29, 1.82) is 5.26 Å². The van der Waals surface area contributed by atoms with E-state index in [0.717, 1.165) is 10.0 Å². The Morgan fingerprint density at radius 2 is 2.12 bits per heavy atom. The molecule has 124 valence electrons. The van der Waals surface area contributed by atoms with Gasteiger partial charge in [0, 0.05) is 15.7 Å². The molecule has 0 bridgehead atoms. The third-order valence-electron chi connectivity index (χ3n) is 3.34. The van der Waals surface area contributed by atoms with Crippen LogP contribution in [0.4, 0.5) is 5.69 Å². The van der Waals surface area contributed by atoms with Crippen molar-refractivity contribution in [3.63, 3.8) is 0 Å². The van der Waals surface area contributed by atoms with Gasteiger partial charge in [0.25, 0.3) is 5.91 Å². The van der Waals surface area contributed by atoms with E-state index in [1.165, 1.54) is 6.08 Å². The van der Waals surface area contributed by atoms with Gasteiger partial charge in [-0.3, -0.25) is 4.79 Å². The lowest BCUT2D eigenvalue weighted by Gasteiger charge is -2.09. The molecule has 4 nitrogen and oxygen atoms in total. The number of hydrogen-bond acceptors (Lipinski definition) is 3. The number of anilines is 1. The van der Waals surface area contributed by atoms with Gasteiger partial charge < -0.3 is 10.1 Å². The highest BCUT2D eigenvalue weighted by Crippen LogP contribution is 2.26. The van der Waals surface area contributed by atoms with Crippen LogP contribution in [-0.4, -0.2) is 12.5 Å². The average Bonchev–Trinajstić information content (AvgIpc) is 2.60. The molecule has 5 heteroatoms. The fourth-order valence-electron chi connectivity index (χ4n) is 2.09. The maximum Gasteiger partial charge on any atom is 0.266 e. The Morgan fingerprint density at radius 1 is 1.36 bits per heavy atom. The minimum absolute atomic E-state index is 0.0353. The number of hydrogen-bond donors (Lipinski definition) is 1. The van der Waals surface area contributed by atoms with Gasteiger partial charge in [0.15, 0.2) is 0 Å². The molecular formula is C20H15BrN2O2. The first-order valence-electron chi connectivity index (χ1n) is 7.39. The molecule has 1 amide bonds. The highest BCUT2D eigenvalue weighted by Gasteiger charge is 2.12. The van der Waals surface area contributed by atoms with Gasteiger partial charge in [-0.2, -0.15) is 5.26 Å². The van der Waals surface area contributed by atoms with Crippen LogP contribution in [0.15, 0.2) is 52.5 Å². The molecule has 2 aromatic carbocycles. The molecule has 0 saturated carbocycles. The molecule has 0 atom stereocenters. The number of nitrogens with zero attached hydrogens (tertiary/aromatic N) is 1. The van der Waals surface area contributed by atoms with E-state index >= 15 is 0 Å². The van der Waals surface area contributed by atoms with E-state index in [1.807, 2.05) is 31.2 Å². The van der Waals surface area contributed by atoms with Gasteiger partial charge in [0.05, 0.1) is 0 Å². The van der Waals surface area contributed by atoms with Crippen molar-refractivity contribution in [3.05, 3.63) is 63.6 Å². The Morgan fingerprint density at radius 3 is 2.80 bits per heavy atom. The molecule has 2 aromatic rings. The molecule has 25 heavy (non-hydrogen) atoms. The maximum atomic E-state index is 12.4. The molecule has 0 spiro atoms.